The maximum atomic E-state index is 3.21. The second kappa shape index (κ2) is 5.61. The molecule has 82 valence electrons. The average Bonchev–Trinajstić information content (AvgIpc) is 2.38. The molecule has 0 unspecified atom stereocenters. The molecule has 0 aliphatic carbocycles. The van der Waals surface area contributed by atoms with E-state index in [1.807, 2.05) is 18.8 Å². The molecule has 2 heteroatoms. The molecule has 0 bridgehead atoms. The standard InChI is InChI=1S/C14H15NS/c1-15-13-9-5-6-10-14(13)16-11-12-7-3-2-4-8-12/h2-10,15H,11H2,1H3. The third kappa shape index (κ3) is 2.80. The van der Waals surface area contributed by atoms with Crippen LogP contribution in [0, 0.1) is 0 Å². The number of rotatable bonds is 4. The molecule has 0 aromatic heterocycles. The first-order valence-corrected chi connectivity index (χ1v) is 6.32. The Bertz CT molecular complexity index is 439. The SMILES string of the molecule is CNc1ccccc1SCc1ccccc1. The van der Waals surface area contributed by atoms with Crippen LogP contribution in [0.1, 0.15) is 5.56 Å². The van der Waals surface area contributed by atoms with Gasteiger partial charge in [0.25, 0.3) is 0 Å². The Balaban J connectivity index is 2.05. The van der Waals surface area contributed by atoms with E-state index in [-0.39, 0.29) is 0 Å². The molecule has 0 atom stereocenters. The number of hydrogen-bond donors (Lipinski definition) is 1. The molecule has 0 aliphatic heterocycles. The molecule has 2 aromatic carbocycles. The van der Waals surface area contributed by atoms with E-state index in [0.717, 1.165) is 5.75 Å². The predicted octanol–water partition coefficient (Wildman–Crippen LogP) is 4.02. The summed E-state index contributed by atoms with van der Waals surface area (Å²) in [5, 5.41) is 3.21. The zero-order chi connectivity index (χ0) is 11.2. The van der Waals surface area contributed by atoms with Crippen LogP contribution in [0.5, 0.6) is 0 Å². The zero-order valence-electron chi connectivity index (χ0n) is 9.31. The smallest absolute Gasteiger partial charge is 0.0475 e. The fourth-order valence-electron chi connectivity index (χ4n) is 1.53. The third-order valence-electron chi connectivity index (χ3n) is 2.39. The second-order valence-corrected chi connectivity index (χ2v) is 4.54. The lowest BCUT2D eigenvalue weighted by Crippen LogP contribution is -1.90. The Labute approximate surface area is 101 Å². The van der Waals surface area contributed by atoms with E-state index in [9.17, 15) is 0 Å². The van der Waals surface area contributed by atoms with Gasteiger partial charge in [0.15, 0.2) is 0 Å². The minimum Gasteiger partial charge on any atom is -0.387 e. The molecule has 1 N–H and O–H groups in total. The van der Waals surface area contributed by atoms with Gasteiger partial charge in [0.05, 0.1) is 0 Å². The van der Waals surface area contributed by atoms with Crippen LogP contribution in [-0.2, 0) is 5.75 Å². The van der Waals surface area contributed by atoms with Crippen molar-refractivity contribution in [2.24, 2.45) is 0 Å². The van der Waals surface area contributed by atoms with E-state index >= 15 is 0 Å². The lowest BCUT2D eigenvalue weighted by molar-refractivity contribution is 1.35. The number of thioether (sulfide) groups is 1. The lowest BCUT2D eigenvalue weighted by Gasteiger charge is -2.08. The normalized spacial score (nSPS) is 10.1. The van der Waals surface area contributed by atoms with Gasteiger partial charge in [0.1, 0.15) is 0 Å². The molecule has 0 amide bonds. The van der Waals surface area contributed by atoms with Crippen molar-refractivity contribution in [3.63, 3.8) is 0 Å². The van der Waals surface area contributed by atoms with Crippen LogP contribution in [0.25, 0.3) is 0 Å². The average molecular weight is 229 g/mol. The van der Waals surface area contributed by atoms with E-state index in [1.54, 1.807) is 0 Å². The van der Waals surface area contributed by atoms with Crippen LogP contribution >= 0.6 is 11.8 Å². The zero-order valence-corrected chi connectivity index (χ0v) is 10.1. The van der Waals surface area contributed by atoms with E-state index in [4.69, 9.17) is 0 Å². The molecule has 0 saturated heterocycles. The molecule has 0 spiro atoms. The summed E-state index contributed by atoms with van der Waals surface area (Å²) in [6.45, 7) is 0. The van der Waals surface area contributed by atoms with Crippen molar-refractivity contribution in [2.45, 2.75) is 10.6 Å². The number of benzene rings is 2. The molecule has 0 aliphatic rings. The predicted molar refractivity (Wildman–Crippen MR) is 72.0 cm³/mol. The van der Waals surface area contributed by atoms with Crippen LogP contribution in [0.15, 0.2) is 59.5 Å². The molecule has 1 nitrogen and oxygen atoms in total. The Morgan fingerprint density at radius 2 is 1.62 bits per heavy atom. The highest BCUT2D eigenvalue weighted by molar-refractivity contribution is 7.98. The van der Waals surface area contributed by atoms with E-state index in [1.165, 1.54) is 16.1 Å². The van der Waals surface area contributed by atoms with Gasteiger partial charge in [-0.3, -0.25) is 0 Å². The van der Waals surface area contributed by atoms with Gasteiger partial charge in [0.2, 0.25) is 0 Å². The summed E-state index contributed by atoms with van der Waals surface area (Å²) in [6.07, 6.45) is 0. The molecule has 2 aromatic rings. The van der Waals surface area contributed by atoms with Gasteiger partial charge < -0.3 is 5.32 Å². The Hall–Kier alpha value is -1.41. The quantitative estimate of drug-likeness (QED) is 0.795. The minimum absolute atomic E-state index is 1.01. The molecule has 16 heavy (non-hydrogen) atoms. The maximum absolute atomic E-state index is 3.21. The summed E-state index contributed by atoms with van der Waals surface area (Å²) in [4.78, 5) is 1.30. The van der Waals surface area contributed by atoms with Crippen molar-refractivity contribution >= 4 is 17.4 Å². The minimum atomic E-state index is 1.01. The summed E-state index contributed by atoms with van der Waals surface area (Å²) in [7, 11) is 1.96. The number of hydrogen-bond acceptors (Lipinski definition) is 2. The van der Waals surface area contributed by atoms with Crippen molar-refractivity contribution in [1.29, 1.82) is 0 Å². The first-order chi connectivity index (χ1) is 7.90. The van der Waals surface area contributed by atoms with Gasteiger partial charge >= 0.3 is 0 Å². The van der Waals surface area contributed by atoms with Crippen molar-refractivity contribution in [2.75, 3.05) is 12.4 Å². The Morgan fingerprint density at radius 1 is 0.938 bits per heavy atom. The highest BCUT2D eigenvalue weighted by Crippen LogP contribution is 2.29. The fourth-order valence-corrected chi connectivity index (χ4v) is 2.55. The van der Waals surface area contributed by atoms with Crippen LogP contribution < -0.4 is 5.32 Å². The fraction of sp³-hybridized carbons (Fsp3) is 0.143. The first-order valence-electron chi connectivity index (χ1n) is 5.33. The van der Waals surface area contributed by atoms with Crippen molar-refractivity contribution < 1.29 is 0 Å². The monoisotopic (exact) mass is 229 g/mol. The highest BCUT2D eigenvalue weighted by Gasteiger charge is 2.00. The van der Waals surface area contributed by atoms with Crippen LogP contribution in [0.2, 0.25) is 0 Å². The first kappa shape index (κ1) is 11.1. The van der Waals surface area contributed by atoms with Gasteiger partial charge in [-0.05, 0) is 17.7 Å². The molecular formula is C14H15NS. The van der Waals surface area contributed by atoms with Gasteiger partial charge in [0, 0.05) is 23.4 Å². The van der Waals surface area contributed by atoms with E-state index < -0.39 is 0 Å². The van der Waals surface area contributed by atoms with Crippen molar-refractivity contribution in [1.82, 2.24) is 0 Å². The number of nitrogens with one attached hydrogen (secondary N) is 1. The maximum Gasteiger partial charge on any atom is 0.0475 e. The van der Waals surface area contributed by atoms with Gasteiger partial charge in [-0.1, -0.05) is 42.5 Å². The van der Waals surface area contributed by atoms with Gasteiger partial charge in [-0.2, -0.15) is 0 Å². The summed E-state index contributed by atoms with van der Waals surface area (Å²) in [6, 6.07) is 18.9. The van der Waals surface area contributed by atoms with E-state index in [0.29, 0.717) is 0 Å². The van der Waals surface area contributed by atoms with Gasteiger partial charge in [-0.25, -0.2) is 0 Å². The number of anilines is 1. The van der Waals surface area contributed by atoms with Crippen LogP contribution in [0.3, 0.4) is 0 Å². The second-order valence-electron chi connectivity index (χ2n) is 3.52. The molecule has 0 radical (unpaired) electrons. The summed E-state index contributed by atoms with van der Waals surface area (Å²) in [5.74, 6) is 1.01. The summed E-state index contributed by atoms with van der Waals surface area (Å²) >= 11 is 1.86. The Morgan fingerprint density at radius 3 is 2.38 bits per heavy atom. The van der Waals surface area contributed by atoms with Gasteiger partial charge in [-0.15, -0.1) is 11.8 Å². The molecule has 2 rings (SSSR count). The van der Waals surface area contributed by atoms with Crippen LogP contribution in [-0.4, -0.2) is 7.05 Å². The molecule has 0 heterocycles. The topological polar surface area (TPSA) is 12.0 Å². The summed E-state index contributed by atoms with van der Waals surface area (Å²) < 4.78 is 0. The van der Waals surface area contributed by atoms with Crippen LogP contribution in [0.4, 0.5) is 5.69 Å². The Kier molecular flexibility index (Phi) is 3.89. The molecule has 0 fully saturated rings. The molecule has 0 saturated carbocycles. The highest BCUT2D eigenvalue weighted by atomic mass is 32.2. The van der Waals surface area contributed by atoms with Crippen molar-refractivity contribution in [3.05, 3.63) is 60.2 Å². The van der Waals surface area contributed by atoms with Crippen molar-refractivity contribution in [3.8, 4) is 0 Å². The lowest BCUT2D eigenvalue weighted by atomic mass is 10.2. The van der Waals surface area contributed by atoms with E-state index in [2.05, 4.69) is 59.9 Å². The number of para-hydroxylation sites is 1. The summed E-state index contributed by atoms with van der Waals surface area (Å²) in [5.41, 5.74) is 2.56. The third-order valence-corrected chi connectivity index (χ3v) is 3.54. The largest absolute Gasteiger partial charge is 0.387 e. The molecular weight excluding hydrogens is 214 g/mol.